The average molecular weight is 265 g/mol. The molecule has 0 radical (unpaired) electrons. The maximum absolute atomic E-state index is 4.88. The standard InChI is InChI=1S/C17H19N3/c1-18-17-14-7-4-8-15(14)19-16(20-17)13-9-11-5-2-3-6-12(11)10-13/h2-3,5-6,13H,4,7-10H2,1H3,(H,18,19,20). The second-order valence-corrected chi connectivity index (χ2v) is 5.83. The van der Waals surface area contributed by atoms with Crippen molar-refractivity contribution in [1.82, 2.24) is 9.97 Å². The molecule has 0 amide bonds. The van der Waals surface area contributed by atoms with Crippen molar-refractivity contribution in [2.24, 2.45) is 0 Å². The van der Waals surface area contributed by atoms with Gasteiger partial charge in [0.2, 0.25) is 0 Å². The minimum atomic E-state index is 0.449. The second kappa shape index (κ2) is 4.58. The number of hydrogen-bond donors (Lipinski definition) is 1. The Labute approximate surface area is 119 Å². The molecule has 4 rings (SSSR count). The lowest BCUT2D eigenvalue weighted by Gasteiger charge is -2.13. The van der Waals surface area contributed by atoms with Crippen LogP contribution in [-0.4, -0.2) is 17.0 Å². The zero-order chi connectivity index (χ0) is 13.5. The zero-order valence-corrected chi connectivity index (χ0v) is 11.8. The Bertz CT molecular complexity index is 638. The number of benzene rings is 1. The van der Waals surface area contributed by atoms with Gasteiger partial charge in [0.1, 0.15) is 11.6 Å². The summed E-state index contributed by atoms with van der Waals surface area (Å²) in [5.41, 5.74) is 5.54. The fourth-order valence-electron chi connectivity index (χ4n) is 3.58. The number of aromatic nitrogens is 2. The monoisotopic (exact) mass is 265 g/mol. The molecule has 0 saturated carbocycles. The van der Waals surface area contributed by atoms with Gasteiger partial charge in [-0.1, -0.05) is 24.3 Å². The van der Waals surface area contributed by atoms with Crippen molar-refractivity contribution in [3.8, 4) is 0 Å². The van der Waals surface area contributed by atoms with Gasteiger partial charge < -0.3 is 5.32 Å². The third kappa shape index (κ3) is 1.80. The van der Waals surface area contributed by atoms with E-state index < -0.39 is 0 Å². The van der Waals surface area contributed by atoms with Crippen molar-refractivity contribution in [2.45, 2.75) is 38.0 Å². The minimum absolute atomic E-state index is 0.449. The molecule has 1 N–H and O–H groups in total. The highest BCUT2D eigenvalue weighted by Crippen LogP contribution is 2.34. The number of fused-ring (bicyclic) bond motifs is 2. The van der Waals surface area contributed by atoms with Crippen molar-refractivity contribution in [3.05, 3.63) is 52.5 Å². The Kier molecular flexibility index (Phi) is 2.72. The first-order chi connectivity index (χ1) is 9.85. The summed E-state index contributed by atoms with van der Waals surface area (Å²) in [6, 6.07) is 8.73. The maximum Gasteiger partial charge on any atom is 0.134 e. The number of nitrogens with one attached hydrogen (secondary N) is 1. The number of rotatable bonds is 2. The van der Waals surface area contributed by atoms with Gasteiger partial charge in [-0.25, -0.2) is 9.97 Å². The van der Waals surface area contributed by atoms with Gasteiger partial charge in [0.05, 0.1) is 0 Å². The van der Waals surface area contributed by atoms with Gasteiger partial charge in [-0.3, -0.25) is 0 Å². The van der Waals surface area contributed by atoms with E-state index in [2.05, 4.69) is 29.6 Å². The second-order valence-electron chi connectivity index (χ2n) is 5.83. The molecule has 0 aliphatic heterocycles. The quantitative estimate of drug-likeness (QED) is 0.907. The van der Waals surface area contributed by atoms with Gasteiger partial charge in [-0.05, 0) is 43.2 Å². The molecule has 1 aromatic carbocycles. The van der Waals surface area contributed by atoms with Crippen molar-refractivity contribution >= 4 is 5.82 Å². The zero-order valence-electron chi connectivity index (χ0n) is 11.8. The summed E-state index contributed by atoms with van der Waals surface area (Å²) in [6.07, 6.45) is 5.61. The summed E-state index contributed by atoms with van der Waals surface area (Å²) in [7, 11) is 1.97. The lowest BCUT2D eigenvalue weighted by Crippen LogP contribution is -2.10. The van der Waals surface area contributed by atoms with Gasteiger partial charge >= 0.3 is 0 Å². The Morgan fingerprint density at radius 1 is 1.05 bits per heavy atom. The normalized spacial score (nSPS) is 17.1. The summed E-state index contributed by atoms with van der Waals surface area (Å²) in [5.74, 6) is 2.54. The van der Waals surface area contributed by atoms with E-state index in [1.165, 1.54) is 28.8 Å². The van der Waals surface area contributed by atoms with Crippen LogP contribution in [0.2, 0.25) is 0 Å². The van der Waals surface area contributed by atoms with Crippen LogP contribution in [0.4, 0.5) is 5.82 Å². The molecular weight excluding hydrogens is 246 g/mol. The summed E-state index contributed by atoms with van der Waals surface area (Å²) < 4.78 is 0. The SMILES string of the molecule is CNc1nc(C2Cc3ccccc3C2)nc2c1CCC2. The Morgan fingerprint density at radius 2 is 1.80 bits per heavy atom. The number of aryl methyl sites for hydroxylation is 1. The molecule has 102 valence electrons. The summed E-state index contributed by atoms with van der Waals surface area (Å²) in [6.45, 7) is 0. The molecule has 1 heterocycles. The van der Waals surface area contributed by atoms with Crippen molar-refractivity contribution in [3.63, 3.8) is 0 Å². The molecule has 0 atom stereocenters. The summed E-state index contributed by atoms with van der Waals surface area (Å²) >= 11 is 0. The van der Waals surface area contributed by atoms with Crippen LogP contribution in [0.5, 0.6) is 0 Å². The first-order valence-electron chi connectivity index (χ1n) is 7.49. The van der Waals surface area contributed by atoms with Crippen LogP contribution in [0.15, 0.2) is 24.3 Å². The highest BCUT2D eigenvalue weighted by atomic mass is 15.0. The van der Waals surface area contributed by atoms with Crippen LogP contribution in [0.3, 0.4) is 0 Å². The van der Waals surface area contributed by atoms with Crippen LogP contribution in [0.25, 0.3) is 0 Å². The first-order valence-corrected chi connectivity index (χ1v) is 7.49. The molecule has 1 aromatic heterocycles. The Hall–Kier alpha value is -1.90. The van der Waals surface area contributed by atoms with Crippen LogP contribution in [0, 0.1) is 0 Å². The van der Waals surface area contributed by atoms with Crippen LogP contribution in [0.1, 0.15) is 40.5 Å². The fraction of sp³-hybridized carbons (Fsp3) is 0.412. The van der Waals surface area contributed by atoms with Crippen molar-refractivity contribution < 1.29 is 0 Å². The van der Waals surface area contributed by atoms with E-state index in [-0.39, 0.29) is 0 Å². The first kappa shape index (κ1) is 11.9. The molecule has 0 saturated heterocycles. The molecule has 2 aromatic rings. The molecule has 0 unspecified atom stereocenters. The molecule has 2 aliphatic carbocycles. The number of nitrogens with zero attached hydrogens (tertiary/aromatic N) is 2. The van der Waals surface area contributed by atoms with E-state index in [9.17, 15) is 0 Å². The van der Waals surface area contributed by atoms with Gasteiger partial charge in [0, 0.05) is 24.2 Å². The van der Waals surface area contributed by atoms with E-state index in [0.29, 0.717) is 5.92 Å². The van der Waals surface area contributed by atoms with Gasteiger partial charge in [0.25, 0.3) is 0 Å². The van der Waals surface area contributed by atoms with E-state index in [4.69, 9.17) is 9.97 Å². The predicted molar refractivity (Wildman–Crippen MR) is 80.2 cm³/mol. The summed E-state index contributed by atoms with van der Waals surface area (Å²) in [5, 5.41) is 3.26. The van der Waals surface area contributed by atoms with Gasteiger partial charge in [-0.2, -0.15) is 0 Å². The lowest BCUT2D eigenvalue weighted by atomic mass is 10.1. The Morgan fingerprint density at radius 3 is 2.50 bits per heavy atom. The lowest BCUT2D eigenvalue weighted by molar-refractivity contribution is 0.676. The largest absolute Gasteiger partial charge is 0.373 e. The van der Waals surface area contributed by atoms with Gasteiger partial charge in [-0.15, -0.1) is 0 Å². The number of hydrogen-bond acceptors (Lipinski definition) is 3. The van der Waals surface area contributed by atoms with E-state index >= 15 is 0 Å². The molecule has 0 spiro atoms. The molecule has 20 heavy (non-hydrogen) atoms. The van der Waals surface area contributed by atoms with Crippen molar-refractivity contribution in [2.75, 3.05) is 12.4 Å². The predicted octanol–water partition coefficient (Wildman–Crippen LogP) is 2.89. The van der Waals surface area contributed by atoms with E-state index in [1.54, 1.807) is 0 Å². The summed E-state index contributed by atoms with van der Waals surface area (Å²) in [4.78, 5) is 9.68. The highest BCUT2D eigenvalue weighted by Gasteiger charge is 2.27. The molecule has 3 nitrogen and oxygen atoms in total. The van der Waals surface area contributed by atoms with Crippen LogP contribution < -0.4 is 5.32 Å². The van der Waals surface area contributed by atoms with Crippen LogP contribution in [-0.2, 0) is 25.7 Å². The highest BCUT2D eigenvalue weighted by molar-refractivity contribution is 5.49. The molecule has 0 fully saturated rings. The number of anilines is 1. The van der Waals surface area contributed by atoms with E-state index in [0.717, 1.165) is 37.3 Å². The topological polar surface area (TPSA) is 37.8 Å². The molecule has 2 aliphatic rings. The molecule has 0 bridgehead atoms. The van der Waals surface area contributed by atoms with E-state index in [1.807, 2.05) is 7.05 Å². The minimum Gasteiger partial charge on any atom is -0.373 e. The van der Waals surface area contributed by atoms with Crippen LogP contribution >= 0.6 is 0 Å². The average Bonchev–Trinajstić information content (AvgIpc) is 3.12. The molecular formula is C17H19N3. The van der Waals surface area contributed by atoms with Crippen molar-refractivity contribution in [1.29, 1.82) is 0 Å². The third-order valence-electron chi connectivity index (χ3n) is 4.60. The maximum atomic E-state index is 4.88. The van der Waals surface area contributed by atoms with Gasteiger partial charge in [0.15, 0.2) is 0 Å². The fourth-order valence-corrected chi connectivity index (χ4v) is 3.58. The smallest absolute Gasteiger partial charge is 0.134 e. The Balaban J connectivity index is 1.71. The third-order valence-corrected chi connectivity index (χ3v) is 4.60. The molecule has 3 heteroatoms.